The van der Waals surface area contributed by atoms with E-state index < -0.39 is 27.1 Å². The molecule has 0 fully saturated rings. The highest BCUT2D eigenvalue weighted by molar-refractivity contribution is 6.27. The van der Waals surface area contributed by atoms with E-state index in [1.807, 2.05) is 0 Å². The van der Waals surface area contributed by atoms with Crippen molar-refractivity contribution in [2.24, 2.45) is 0 Å². The summed E-state index contributed by atoms with van der Waals surface area (Å²) in [6, 6.07) is 3.09. The standard InChI is InChI=1S/C9H9ClN4O5/c1-12(11-9(15)5-10)7-3-2-6(13(16)17)4-8(7)14(18)19/h2-4H,5H2,1H3,(H,11,15). The normalized spacial score (nSPS) is 9.79. The number of carbonyl (C=O) groups excluding carboxylic acids is 1. The van der Waals surface area contributed by atoms with Crippen molar-refractivity contribution in [2.75, 3.05) is 17.9 Å². The van der Waals surface area contributed by atoms with Gasteiger partial charge in [0.25, 0.3) is 11.6 Å². The second-order valence-corrected chi connectivity index (χ2v) is 3.68. The van der Waals surface area contributed by atoms with Crippen LogP contribution in [-0.2, 0) is 4.79 Å². The van der Waals surface area contributed by atoms with Gasteiger partial charge in [0, 0.05) is 13.1 Å². The van der Waals surface area contributed by atoms with Crippen LogP contribution in [0.15, 0.2) is 18.2 Å². The number of amides is 1. The number of nitro groups is 2. The number of hydrazine groups is 1. The summed E-state index contributed by atoms with van der Waals surface area (Å²) in [4.78, 5) is 31.0. The van der Waals surface area contributed by atoms with Gasteiger partial charge in [-0.2, -0.15) is 0 Å². The van der Waals surface area contributed by atoms with E-state index in [0.717, 1.165) is 17.1 Å². The minimum absolute atomic E-state index is 0.00840. The number of hydrogen-bond acceptors (Lipinski definition) is 6. The average Bonchev–Trinajstić information content (AvgIpc) is 2.37. The first-order valence-corrected chi connectivity index (χ1v) is 5.42. The molecule has 0 atom stereocenters. The van der Waals surface area contributed by atoms with E-state index in [9.17, 15) is 25.0 Å². The van der Waals surface area contributed by atoms with E-state index in [1.54, 1.807) is 0 Å². The van der Waals surface area contributed by atoms with Gasteiger partial charge in [-0.25, -0.2) is 0 Å². The predicted octanol–water partition coefficient (Wildman–Crippen LogP) is 1.21. The molecule has 0 heterocycles. The van der Waals surface area contributed by atoms with Crippen LogP contribution in [0, 0.1) is 20.2 Å². The lowest BCUT2D eigenvalue weighted by atomic mass is 10.2. The highest BCUT2D eigenvalue weighted by Gasteiger charge is 2.22. The molecule has 0 spiro atoms. The summed E-state index contributed by atoms with van der Waals surface area (Å²) in [5, 5.41) is 22.5. The van der Waals surface area contributed by atoms with Crippen LogP contribution in [0.2, 0.25) is 0 Å². The van der Waals surface area contributed by atoms with Crippen LogP contribution in [0.1, 0.15) is 0 Å². The first-order valence-electron chi connectivity index (χ1n) is 4.88. The van der Waals surface area contributed by atoms with Gasteiger partial charge in [-0.3, -0.25) is 35.5 Å². The number of non-ortho nitro benzene ring substituents is 1. The zero-order valence-electron chi connectivity index (χ0n) is 9.70. The summed E-state index contributed by atoms with van der Waals surface area (Å²) in [5.74, 6) is -0.873. The number of carbonyl (C=O) groups is 1. The number of nitrogens with one attached hydrogen (secondary N) is 1. The maximum Gasteiger partial charge on any atom is 0.301 e. The molecule has 9 nitrogen and oxygen atoms in total. The van der Waals surface area contributed by atoms with Crippen molar-refractivity contribution in [3.05, 3.63) is 38.4 Å². The van der Waals surface area contributed by atoms with Gasteiger partial charge in [0.05, 0.1) is 15.9 Å². The number of rotatable bonds is 5. The van der Waals surface area contributed by atoms with Crippen LogP contribution in [0.4, 0.5) is 17.1 Å². The largest absolute Gasteiger partial charge is 0.301 e. The van der Waals surface area contributed by atoms with Crippen molar-refractivity contribution in [2.45, 2.75) is 0 Å². The Labute approximate surface area is 112 Å². The minimum Gasteiger partial charge on any atom is -0.282 e. The summed E-state index contributed by atoms with van der Waals surface area (Å²) < 4.78 is 0. The Morgan fingerprint density at radius 1 is 1.37 bits per heavy atom. The van der Waals surface area contributed by atoms with Crippen molar-refractivity contribution >= 4 is 34.6 Å². The number of benzene rings is 1. The zero-order chi connectivity index (χ0) is 14.6. The number of hydrogen-bond donors (Lipinski definition) is 1. The molecule has 0 aliphatic rings. The quantitative estimate of drug-likeness (QED) is 0.494. The molecule has 1 aromatic carbocycles. The van der Waals surface area contributed by atoms with E-state index in [0.29, 0.717) is 0 Å². The van der Waals surface area contributed by atoms with Gasteiger partial charge in [-0.05, 0) is 6.07 Å². The second kappa shape index (κ2) is 5.96. The van der Waals surface area contributed by atoms with Crippen molar-refractivity contribution in [3.63, 3.8) is 0 Å². The van der Waals surface area contributed by atoms with E-state index >= 15 is 0 Å². The molecular weight excluding hydrogens is 280 g/mol. The highest BCUT2D eigenvalue weighted by Crippen LogP contribution is 2.30. The summed E-state index contributed by atoms with van der Waals surface area (Å²) in [5.41, 5.74) is 1.38. The molecule has 19 heavy (non-hydrogen) atoms. The molecule has 102 valence electrons. The van der Waals surface area contributed by atoms with Crippen LogP contribution in [0.5, 0.6) is 0 Å². The molecular formula is C9H9ClN4O5. The summed E-state index contributed by atoms with van der Waals surface area (Å²) in [6.07, 6.45) is 0. The predicted molar refractivity (Wildman–Crippen MR) is 67.0 cm³/mol. The zero-order valence-corrected chi connectivity index (χ0v) is 10.5. The smallest absolute Gasteiger partial charge is 0.282 e. The Morgan fingerprint density at radius 2 is 2.00 bits per heavy atom. The van der Waals surface area contributed by atoms with Gasteiger partial charge in [0.1, 0.15) is 11.6 Å². The Kier molecular flexibility index (Phi) is 4.59. The van der Waals surface area contributed by atoms with Gasteiger partial charge in [-0.15, -0.1) is 11.6 Å². The van der Waals surface area contributed by atoms with Crippen LogP contribution >= 0.6 is 11.6 Å². The van der Waals surface area contributed by atoms with Crippen molar-refractivity contribution in [3.8, 4) is 0 Å². The van der Waals surface area contributed by atoms with Gasteiger partial charge in [0.2, 0.25) is 0 Å². The average molecular weight is 289 g/mol. The van der Waals surface area contributed by atoms with E-state index in [1.165, 1.54) is 13.1 Å². The lowest BCUT2D eigenvalue weighted by Crippen LogP contribution is -2.40. The van der Waals surface area contributed by atoms with Gasteiger partial charge in [-0.1, -0.05) is 0 Å². The molecule has 0 bridgehead atoms. The molecule has 0 aromatic heterocycles. The van der Waals surface area contributed by atoms with E-state index in [-0.39, 0.29) is 11.6 Å². The molecule has 0 radical (unpaired) electrons. The van der Waals surface area contributed by atoms with Gasteiger partial charge in [0.15, 0.2) is 0 Å². The summed E-state index contributed by atoms with van der Waals surface area (Å²) in [7, 11) is 1.36. The fourth-order valence-electron chi connectivity index (χ4n) is 1.33. The Hall–Kier alpha value is -2.42. The SMILES string of the molecule is CN(NC(=O)CCl)c1ccc([N+](=O)[O-])cc1[N+](=O)[O-]. The summed E-state index contributed by atoms with van der Waals surface area (Å²) in [6.45, 7) is 0. The maximum atomic E-state index is 11.1. The topological polar surface area (TPSA) is 119 Å². The van der Waals surface area contributed by atoms with E-state index in [2.05, 4.69) is 5.43 Å². The number of nitro benzene ring substituents is 2. The van der Waals surface area contributed by atoms with E-state index in [4.69, 9.17) is 11.6 Å². The number of anilines is 1. The van der Waals surface area contributed by atoms with Crippen LogP contribution in [0.25, 0.3) is 0 Å². The van der Waals surface area contributed by atoms with Crippen molar-refractivity contribution in [1.82, 2.24) is 5.43 Å². The Morgan fingerprint density at radius 3 is 2.47 bits per heavy atom. The minimum atomic E-state index is -0.772. The molecule has 0 saturated carbocycles. The van der Waals surface area contributed by atoms with Crippen molar-refractivity contribution in [1.29, 1.82) is 0 Å². The van der Waals surface area contributed by atoms with Crippen LogP contribution < -0.4 is 10.4 Å². The van der Waals surface area contributed by atoms with Crippen LogP contribution in [-0.4, -0.2) is 28.7 Å². The molecule has 1 rings (SSSR count). The van der Waals surface area contributed by atoms with Gasteiger partial charge < -0.3 is 0 Å². The number of alkyl halides is 1. The second-order valence-electron chi connectivity index (χ2n) is 3.41. The molecule has 0 aliphatic heterocycles. The molecule has 1 N–H and O–H groups in total. The number of halogens is 1. The fraction of sp³-hybridized carbons (Fsp3) is 0.222. The third-order valence-corrected chi connectivity index (χ3v) is 2.38. The monoisotopic (exact) mass is 288 g/mol. The molecule has 10 heteroatoms. The highest BCUT2D eigenvalue weighted by atomic mass is 35.5. The molecule has 1 aromatic rings. The summed E-state index contributed by atoms with van der Waals surface area (Å²) >= 11 is 5.29. The lowest BCUT2D eigenvalue weighted by molar-refractivity contribution is -0.393. The Balaban J connectivity index is 3.16. The molecule has 0 unspecified atom stereocenters. The Bertz CT molecular complexity index is 535. The van der Waals surface area contributed by atoms with Crippen LogP contribution in [0.3, 0.4) is 0 Å². The lowest BCUT2D eigenvalue weighted by Gasteiger charge is -2.19. The van der Waals surface area contributed by atoms with Crippen molar-refractivity contribution < 1.29 is 14.6 Å². The fourth-order valence-corrected chi connectivity index (χ4v) is 1.39. The third kappa shape index (κ3) is 3.52. The molecule has 0 aliphatic carbocycles. The first kappa shape index (κ1) is 14.6. The third-order valence-electron chi connectivity index (χ3n) is 2.14. The molecule has 1 amide bonds. The number of nitrogens with zero attached hydrogens (tertiary/aromatic N) is 3. The van der Waals surface area contributed by atoms with Gasteiger partial charge >= 0.3 is 5.69 Å². The maximum absolute atomic E-state index is 11.1. The first-order chi connectivity index (χ1) is 8.86. The molecule has 0 saturated heterocycles.